The maximum atomic E-state index is 11.9. The van der Waals surface area contributed by atoms with Crippen LogP contribution in [0.4, 0.5) is 0 Å². The summed E-state index contributed by atoms with van der Waals surface area (Å²) in [5.74, 6) is 0.537. The highest BCUT2D eigenvalue weighted by Crippen LogP contribution is 2.18. The number of aldehydes is 1. The molecule has 3 heteroatoms. The van der Waals surface area contributed by atoms with Gasteiger partial charge in [0.05, 0.1) is 6.61 Å². The summed E-state index contributed by atoms with van der Waals surface area (Å²) in [5.41, 5.74) is 0. The Morgan fingerprint density at radius 1 is 0.800 bits per heavy atom. The second kappa shape index (κ2) is 19.5. The van der Waals surface area contributed by atoms with E-state index < -0.39 is 0 Å². The van der Waals surface area contributed by atoms with E-state index in [2.05, 4.69) is 13.8 Å². The number of unbranched alkanes of at least 4 members (excludes halogenated alkanes) is 10. The summed E-state index contributed by atoms with van der Waals surface area (Å²) in [4.78, 5) is 22.1. The van der Waals surface area contributed by atoms with Gasteiger partial charge in [0.2, 0.25) is 0 Å². The normalized spacial score (nSPS) is 12.1. The number of hydrogen-bond acceptors (Lipinski definition) is 3. The zero-order valence-corrected chi connectivity index (χ0v) is 16.9. The van der Waals surface area contributed by atoms with Crippen LogP contribution in [0.25, 0.3) is 0 Å². The van der Waals surface area contributed by atoms with Gasteiger partial charge in [0.25, 0.3) is 0 Å². The third-order valence-electron chi connectivity index (χ3n) is 4.86. The second-order valence-corrected chi connectivity index (χ2v) is 7.37. The third kappa shape index (κ3) is 17.7. The lowest BCUT2D eigenvalue weighted by atomic mass is 9.96. The van der Waals surface area contributed by atoms with Gasteiger partial charge < -0.3 is 9.53 Å². The summed E-state index contributed by atoms with van der Waals surface area (Å²) >= 11 is 0. The van der Waals surface area contributed by atoms with E-state index in [9.17, 15) is 9.59 Å². The summed E-state index contributed by atoms with van der Waals surface area (Å²) in [6.07, 6.45) is 18.7. The Kier molecular flexibility index (Phi) is 18.8. The molecule has 25 heavy (non-hydrogen) atoms. The van der Waals surface area contributed by atoms with E-state index in [0.717, 1.165) is 38.4 Å². The van der Waals surface area contributed by atoms with Crippen LogP contribution in [0.3, 0.4) is 0 Å². The van der Waals surface area contributed by atoms with E-state index in [1.54, 1.807) is 0 Å². The van der Waals surface area contributed by atoms with Gasteiger partial charge in [0.1, 0.15) is 6.29 Å². The van der Waals surface area contributed by atoms with Gasteiger partial charge in [0, 0.05) is 12.8 Å². The van der Waals surface area contributed by atoms with Crippen molar-refractivity contribution in [3.05, 3.63) is 0 Å². The monoisotopic (exact) mass is 354 g/mol. The molecular weight excluding hydrogens is 312 g/mol. The summed E-state index contributed by atoms with van der Waals surface area (Å²) in [6.45, 7) is 5.08. The maximum absolute atomic E-state index is 11.9. The zero-order chi connectivity index (χ0) is 18.6. The number of carbonyl (C=O) groups is 2. The minimum Gasteiger partial charge on any atom is -0.465 e. The molecular formula is C22H42O3. The van der Waals surface area contributed by atoms with Gasteiger partial charge in [-0.2, -0.15) is 0 Å². The van der Waals surface area contributed by atoms with Gasteiger partial charge in [-0.25, -0.2) is 0 Å². The minimum absolute atomic E-state index is 0.0176. The average Bonchev–Trinajstić information content (AvgIpc) is 2.62. The molecule has 0 aromatic rings. The van der Waals surface area contributed by atoms with E-state index in [-0.39, 0.29) is 5.97 Å². The molecule has 0 aliphatic rings. The fourth-order valence-corrected chi connectivity index (χ4v) is 3.15. The maximum Gasteiger partial charge on any atom is 0.305 e. The molecule has 0 fully saturated rings. The lowest BCUT2D eigenvalue weighted by Gasteiger charge is -2.16. The van der Waals surface area contributed by atoms with Crippen molar-refractivity contribution in [2.45, 2.75) is 117 Å². The lowest BCUT2D eigenvalue weighted by molar-refractivity contribution is -0.145. The summed E-state index contributed by atoms with van der Waals surface area (Å²) in [6, 6.07) is 0. The molecule has 0 rings (SSSR count). The van der Waals surface area contributed by atoms with Crippen molar-refractivity contribution in [3.63, 3.8) is 0 Å². The van der Waals surface area contributed by atoms with Crippen LogP contribution in [0.2, 0.25) is 0 Å². The molecule has 0 saturated heterocycles. The number of esters is 1. The van der Waals surface area contributed by atoms with Crippen LogP contribution in [0.15, 0.2) is 0 Å². The highest BCUT2D eigenvalue weighted by atomic mass is 16.5. The van der Waals surface area contributed by atoms with E-state index in [1.165, 1.54) is 57.8 Å². The molecule has 0 aliphatic heterocycles. The van der Waals surface area contributed by atoms with Gasteiger partial charge in [-0.15, -0.1) is 0 Å². The SMILES string of the molecule is CCCCCCC(CCCC)COC(=O)CCCCCCCCC=O. The molecule has 1 unspecified atom stereocenters. The van der Waals surface area contributed by atoms with Crippen LogP contribution in [0.5, 0.6) is 0 Å². The molecule has 0 spiro atoms. The van der Waals surface area contributed by atoms with E-state index in [4.69, 9.17) is 4.74 Å². The number of carbonyl (C=O) groups excluding carboxylic acids is 2. The topological polar surface area (TPSA) is 43.4 Å². The molecule has 0 saturated carbocycles. The predicted molar refractivity (Wildman–Crippen MR) is 106 cm³/mol. The molecule has 0 aliphatic carbocycles. The summed E-state index contributed by atoms with van der Waals surface area (Å²) in [5, 5.41) is 0. The first-order chi connectivity index (χ1) is 12.2. The van der Waals surface area contributed by atoms with Gasteiger partial charge >= 0.3 is 5.97 Å². The quantitative estimate of drug-likeness (QED) is 0.149. The van der Waals surface area contributed by atoms with Crippen molar-refractivity contribution in [3.8, 4) is 0 Å². The Balaban J connectivity index is 3.68. The Morgan fingerprint density at radius 2 is 1.40 bits per heavy atom. The third-order valence-corrected chi connectivity index (χ3v) is 4.86. The molecule has 3 nitrogen and oxygen atoms in total. The average molecular weight is 355 g/mol. The Bertz CT molecular complexity index is 302. The van der Waals surface area contributed by atoms with Crippen LogP contribution in [-0.4, -0.2) is 18.9 Å². The molecule has 0 radical (unpaired) electrons. The molecule has 0 aromatic carbocycles. The molecule has 0 bridgehead atoms. The fraction of sp³-hybridized carbons (Fsp3) is 0.909. The Hall–Kier alpha value is -0.860. The van der Waals surface area contributed by atoms with Crippen LogP contribution in [-0.2, 0) is 14.3 Å². The standard InChI is InChI=1S/C22H42O3/c1-3-5-7-13-17-21(16-6-4-2)20-25-22(24)18-14-11-9-8-10-12-15-19-23/h19,21H,3-18,20H2,1-2H3. The highest BCUT2D eigenvalue weighted by Gasteiger charge is 2.11. The van der Waals surface area contributed by atoms with E-state index in [0.29, 0.717) is 25.4 Å². The van der Waals surface area contributed by atoms with E-state index >= 15 is 0 Å². The van der Waals surface area contributed by atoms with Crippen molar-refractivity contribution < 1.29 is 14.3 Å². The lowest BCUT2D eigenvalue weighted by Crippen LogP contribution is -2.14. The minimum atomic E-state index is -0.0176. The van der Waals surface area contributed by atoms with Gasteiger partial charge in [-0.1, -0.05) is 78.1 Å². The van der Waals surface area contributed by atoms with E-state index in [1.807, 2.05) is 0 Å². The first-order valence-electron chi connectivity index (χ1n) is 10.8. The van der Waals surface area contributed by atoms with Crippen molar-refractivity contribution in [1.82, 2.24) is 0 Å². The van der Waals surface area contributed by atoms with Crippen molar-refractivity contribution >= 4 is 12.3 Å². The molecule has 0 heterocycles. The van der Waals surface area contributed by atoms with Gasteiger partial charge in [-0.05, 0) is 31.6 Å². The second-order valence-electron chi connectivity index (χ2n) is 7.37. The fourth-order valence-electron chi connectivity index (χ4n) is 3.15. The predicted octanol–water partition coefficient (Wildman–Crippen LogP) is 6.63. The first-order valence-corrected chi connectivity index (χ1v) is 10.8. The summed E-state index contributed by atoms with van der Waals surface area (Å²) < 4.78 is 5.54. The van der Waals surface area contributed by atoms with Gasteiger partial charge in [0.15, 0.2) is 0 Å². The molecule has 148 valence electrons. The smallest absolute Gasteiger partial charge is 0.305 e. The number of hydrogen-bond donors (Lipinski definition) is 0. The van der Waals surface area contributed by atoms with Crippen molar-refractivity contribution in [2.24, 2.45) is 5.92 Å². The number of ether oxygens (including phenoxy) is 1. The highest BCUT2D eigenvalue weighted by molar-refractivity contribution is 5.69. The zero-order valence-electron chi connectivity index (χ0n) is 16.9. The largest absolute Gasteiger partial charge is 0.465 e. The van der Waals surface area contributed by atoms with Crippen LogP contribution < -0.4 is 0 Å². The van der Waals surface area contributed by atoms with Crippen LogP contribution in [0, 0.1) is 5.92 Å². The van der Waals surface area contributed by atoms with Gasteiger partial charge in [-0.3, -0.25) is 4.79 Å². The van der Waals surface area contributed by atoms with Crippen molar-refractivity contribution in [1.29, 1.82) is 0 Å². The Morgan fingerprint density at radius 3 is 2.08 bits per heavy atom. The van der Waals surface area contributed by atoms with Crippen LogP contribution in [0.1, 0.15) is 117 Å². The Labute approximate surface area is 156 Å². The number of rotatable bonds is 19. The summed E-state index contributed by atoms with van der Waals surface area (Å²) in [7, 11) is 0. The van der Waals surface area contributed by atoms with Crippen molar-refractivity contribution in [2.75, 3.05) is 6.61 Å². The molecule has 0 aromatic heterocycles. The van der Waals surface area contributed by atoms with Crippen LogP contribution >= 0.6 is 0 Å². The molecule has 0 N–H and O–H groups in total. The molecule has 0 amide bonds. The molecule has 1 atom stereocenters. The first kappa shape index (κ1) is 24.1.